The van der Waals surface area contributed by atoms with Crippen molar-refractivity contribution in [3.8, 4) is 0 Å². The number of alkyl halides is 2. The van der Waals surface area contributed by atoms with Gasteiger partial charge in [-0.15, -0.1) is 11.3 Å². The number of hydrogen-bond acceptors (Lipinski definition) is 10. The highest BCUT2D eigenvalue weighted by molar-refractivity contribution is 7.11. The van der Waals surface area contributed by atoms with Gasteiger partial charge in [-0.1, -0.05) is 12.1 Å². The number of amides is 1. The van der Waals surface area contributed by atoms with Gasteiger partial charge in [0.15, 0.2) is 16.4 Å². The molecule has 3 saturated heterocycles. The lowest BCUT2D eigenvalue weighted by molar-refractivity contribution is -0.174. The molecule has 3 atom stereocenters. The molecule has 3 unspecified atom stereocenters. The number of amidine groups is 1. The third-order valence-electron chi connectivity index (χ3n) is 8.63. The molecule has 0 bridgehead atoms. The summed E-state index contributed by atoms with van der Waals surface area (Å²) in [7, 11) is 1.74. The largest absolute Gasteiger partial charge is 0.463 e. The molecule has 4 aliphatic rings. The van der Waals surface area contributed by atoms with Gasteiger partial charge in [0.25, 0.3) is 11.8 Å². The lowest BCUT2D eigenvalue weighted by atomic mass is 9.92. The minimum atomic E-state index is -3.26. The monoisotopic (exact) mass is 618 g/mol. The van der Waals surface area contributed by atoms with Crippen LogP contribution in [-0.4, -0.2) is 112 Å². The van der Waals surface area contributed by atoms with Crippen LogP contribution in [-0.2, 0) is 14.3 Å². The minimum absolute atomic E-state index is 0.0647. The van der Waals surface area contributed by atoms with E-state index in [0.29, 0.717) is 27.7 Å². The second-order valence-corrected chi connectivity index (χ2v) is 12.5. The van der Waals surface area contributed by atoms with Crippen LogP contribution in [0.3, 0.4) is 0 Å². The molecule has 0 radical (unpaired) electrons. The van der Waals surface area contributed by atoms with E-state index in [1.165, 1.54) is 23.5 Å². The highest BCUT2D eigenvalue weighted by Gasteiger charge is 2.63. The Kier molecular flexibility index (Phi) is 7.60. The van der Waals surface area contributed by atoms with Crippen molar-refractivity contribution >= 4 is 29.0 Å². The number of nitrogens with zero attached hydrogens (tertiary/aromatic N) is 5. The topological polar surface area (TPSA) is 111 Å². The lowest BCUT2D eigenvalue weighted by Gasteiger charge is -2.45. The highest BCUT2D eigenvalue weighted by atomic mass is 32.1. The molecule has 10 nitrogen and oxygen atoms in total. The van der Waals surface area contributed by atoms with Gasteiger partial charge in [-0.3, -0.25) is 19.6 Å². The van der Waals surface area contributed by atoms with Crippen molar-refractivity contribution in [1.82, 2.24) is 25.0 Å². The average molecular weight is 619 g/mol. The van der Waals surface area contributed by atoms with Gasteiger partial charge in [0, 0.05) is 49.5 Å². The number of carbonyl (C=O) groups is 2. The van der Waals surface area contributed by atoms with E-state index < -0.39 is 53.9 Å². The molecular weight excluding hydrogens is 585 g/mol. The second-order valence-electron chi connectivity index (χ2n) is 11.6. The van der Waals surface area contributed by atoms with Gasteiger partial charge in [0.1, 0.15) is 17.9 Å². The number of β-amino-alcohol motifs (C(OH)–C–C–N with tert-alkyl or cyclic N) is 1. The third kappa shape index (κ3) is 5.13. The van der Waals surface area contributed by atoms with Crippen LogP contribution in [0.1, 0.15) is 35.5 Å². The van der Waals surface area contributed by atoms with E-state index in [4.69, 9.17) is 9.73 Å². The molecule has 2 aromatic rings. The van der Waals surface area contributed by atoms with Gasteiger partial charge in [-0.25, -0.2) is 22.9 Å². The van der Waals surface area contributed by atoms with Crippen LogP contribution >= 0.6 is 11.3 Å². The van der Waals surface area contributed by atoms with Crippen LogP contribution in [0.2, 0.25) is 0 Å². The molecule has 14 heteroatoms. The van der Waals surface area contributed by atoms with E-state index >= 15 is 8.78 Å². The van der Waals surface area contributed by atoms with Crippen LogP contribution in [0.4, 0.5) is 13.2 Å². The standard InChI is InChI=1S/C29H33F3N6O4S/c1-4-42-26(39)21-19(34-24(25-33-9-11-43-25)35-22(21)17-6-5-7-18(30)16(17)2)12-37-15-29(31,32)23-20(37)8-10-38(23)27(40)28(41)13-36(3)14-28/h5-7,9,11,20,22-23,41H,4,8,10,12-15H2,1-3H3,(H,34,35). The number of aliphatic imine (C=N–C) groups is 1. The van der Waals surface area contributed by atoms with Crippen molar-refractivity contribution in [2.24, 2.45) is 4.99 Å². The summed E-state index contributed by atoms with van der Waals surface area (Å²) in [5.41, 5.74) is -0.535. The molecule has 43 heavy (non-hydrogen) atoms. The fraction of sp³-hybridized carbons (Fsp3) is 0.517. The van der Waals surface area contributed by atoms with Gasteiger partial charge in [0.2, 0.25) is 0 Å². The number of ether oxygens (including phenoxy) is 1. The first-order valence-corrected chi connectivity index (χ1v) is 15.0. The zero-order valence-electron chi connectivity index (χ0n) is 24.0. The number of benzene rings is 1. The predicted octanol–water partition coefficient (Wildman–Crippen LogP) is 2.10. The number of hydrogen-bond donors (Lipinski definition) is 2. The molecule has 3 fully saturated rings. The highest BCUT2D eigenvalue weighted by Crippen LogP contribution is 2.44. The summed E-state index contributed by atoms with van der Waals surface area (Å²) in [6.45, 7) is 2.83. The molecule has 1 aromatic heterocycles. The normalized spacial score (nSPS) is 26.5. The fourth-order valence-corrected chi connectivity index (χ4v) is 7.35. The van der Waals surface area contributed by atoms with Crippen LogP contribution in [0, 0.1) is 12.7 Å². The van der Waals surface area contributed by atoms with Gasteiger partial charge >= 0.3 is 5.97 Å². The number of nitrogens with one attached hydrogen (secondary N) is 1. The summed E-state index contributed by atoms with van der Waals surface area (Å²) in [6, 6.07) is 1.42. The molecule has 2 N–H and O–H groups in total. The smallest absolute Gasteiger partial charge is 0.338 e. The summed E-state index contributed by atoms with van der Waals surface area (Å²) < 4.78 is 51.5. The minimum Gasteiger partial charge on any atom is -0.463 e. The van der Waals surface area contributed by atoms with Crippen molar-refractivity contribution < 1.29 is 32.6 Å². The molecule has 0 spiro atoms. The van der Waals surface area contributed by atoms with Crippen LogP contribution in [0.15, 0.2) is 46.0 Å². The maximum Gasteiger partial charge on any atom is 0.338 e. The van der Waals surface area contributed by atoms with Crippen molar-refractivity contribution in [2.45, 2.75) is 49.9 Å². The molecule has 0 saturated carbocycles. The molecule has 1 aromatic carbocycles. The lowest BCUT2D eigenvalue weighted by Crippen LogP contribution is -2.69. The van der Waals surface area contributed by atoms with Crippen LogP contribution in [0.25, 0.3) is 0 Å². The average Bonchev–Trinajstić information content (AvgIpc) is 3.68. The summed E-state index contributed by atoms with van der Waals surface area (Å²) in [5, 5.41) is 16.2. The second kappa shape index (κ2) is 11.0. The van der Waals surface area contributed by atoms with Gasteiger partial charge in [0.05, 0.1) is 18.7 Å². The zero-order chi connectivity index (χ0) is 30.7. The van der Waals surface area contributed by atoms with E-state index in [1.54, 1.807) is 48.3 Å². The third-order valence-corrected chi connectivity index (χ3v) is 9.41. The van der Waals surface area contributed by atoms with Crippen LogP contribution < -0.4 is 5.32 Å². The Bertz CT molecular complexity index is 1490. The summed E-state index contributed by atoms with van der Waals surface area (Å²) in [6.07, 6.45) is 1.88. The maximum atomic E-state index is 15.7. The number of thiazole rings is 1. The van der Waals surface area contributed by atoms with Crippen molar-refractivity contribution in [2.75, 3.05) is 46.4 Å². The van der Waals surface area contributed by atoms with Gasteiger partial charge in [-0.05, 0) is 44.5 Å². The Labute approximate surface area is 250 Å². The Morgan fingerprint density at radius 1 is 1.26 bits per heavy atom. The van der Waals surface area contributed by atoms with E-state index in [1.807, 2.05) is 0 Å². The van der Waals surface area contributed by atoms with E-state index in [-0.39, 0.29) is 44.8 Å². The first kappa shape index (κ1) is 29.7. The van der Waals surface area contributed by atoms with Gasteiger partial charge in [-0.2, -0.15) is 0 Å². The number of esters is 1. The molecule has 5 heterocycles. The first-order chi connectivity index (χ1) is 20.4. The molecule has 4 aliphatic heterocycles. The SMILES string of the molecule is CCOC(=O)C1=C(CN2CC(F)(F)C3C2CCN3C(=O)C2(O)CN(C)C2)NC(c2nccs2)=NC1c1cccc(F)c1C. The number of aliphatic hydroxyl groups is 1. The number of halogens is 3. The number of carbonyl (C=O) groups excluding carboxylic acids is 2. The molecule has 6 rings (SSSR count). The van der Waals surface area contributed by atoms with Crippen LogP contribution in [0.5, 0.6) is 0 Å². The summed E-state index contributed by atoms with van der Waals surface area (Å²) >= 11 is 1.31. The summed E-state index contributed by atoms with van der Waals surface area (Å²) in [5.74, 6) is -4.77. The molecule has 1 amide bonds. The van der Waals surface area contributed by atoms with E-state index in [0.717, 1.165) is 4.90 Å². The molecule has 0 aliphatic carbocycles. The molecule has 230 valence electrons. The van der Waals surface area contributed by atoms with Crippen molar-refractivity contribution in [3.63, 3.8) is 0 Å². The van der Waals surface area contributed by atoms with Crippen molar-refractivity contribution in [1.29, 1.82) is 0 Å². The fourth-order valence-electron chi connectivity index (χ4n) is 6.77. The van der Waals surface area contributed by atoms with E-state index in [2.05, 4.69) is 10.3 Å². The Morgan fingerprint density at radius 3 is 2.70 bits per heavy atom. The predicted molar refractivity (Wildman–Crippen MR) is 152 cm³/mol. The Hall–Kier alpha value is -3.33. The number of likely N-dealkylation sites (tertiary alicyclic amines) is 3. The summed E-state index contributed by atoms with van der Waals surface area (Å²) in [4.78, 5) is 40.3. The Balaban J connectivity index is 1.38. The molecular formula is C29H33F3N6O4S. The zero-order valence-corrected chi connectivity index (χ0v) is 24.8. The van der Waals surface area contributed by atoms with Crippen molar-refractivity contribution in [3.05, 3.63) is 63.0 Å². The number of aromatic nitrogens is 1. The number of fused-ring (bicyclic) bond motifs is 1. The first-order valence-electron chi connectivity index (χ1n) is 14.2. The van der Waals surface area contributed by atoms with Gasteiger partial charge < -0.3 is 20.1 Å². The van der Waals surface area contributed by atoms with E-state index in [9.17, 15) is 19.1 Å². The maximum absolute atomic E-state index is 15.7. The Morgan fingerprint density at radius 2 is 2.02 bits per heavy atom. The number of likely N-dealkylation sites (N-methyl/N-ethyl adjacent to an activating group) is 1. The quantitative estimate of drug-likeness (QED) is 0.455. The number of rotatable bonds is 7.